The third kappa shape index (κ3) is 4.98. The molecule has 1 heterocycles. The standard InChI is InChI=1S/C20H17N3O6/c1-28-16-10-12(9-14-18(25)22-20(27)23-19(14)26)7-8-15(16)29-11-17(24)21-13-5-3-2-4-6-13/h2-10H,11H2,1H3,(H,21,24)(H2,22,23,25,26,27). The molecule has 3 N–H and O–H groups in total. The molecular weight excluding hydrogens is 378 g/mol. The minimum absolute atomic E-state index is 0.220. The summed E-state index contributed by atoms with van der Waals surface area (Å²) < 4.78 is 10.8. The predicted molar refractivity (Wildman–Crippen MR) is 103 cm³/mol. The highest BCUT2D eigenvalue weighted by molar-refractivity contribution is 6.31. The van der Waals surface area contributed by atoms with E-state index in [1.54, 1.807) is 36.4 Å². The lowest BCUT2D eigenvalue weighted by Gasteiger charge is -2.14. The maximum atomic E-state index is 12.0. The molecule has 0 spiro atoms. The number of hydrogen-bond acceptors (Lipinski definition) is 6. The van der Waals surface area contributed by atoms with E-state index >= 15 is 0 Å². The van der Waals surface area contributed by atoms with Gasteiger partial charge in [0, 0.05) is 5.69 Å². The number of rotatable bonds is 6. The molecule has 0 atom stereocenters. The number of amides is 5. The van der Waals surface area contributed by atoms with Gasteiger partial charge in [-0.3, -0.25) is 25.0 Å². The molecular formula is C20H17N3O6. The second-order valence-electron chi connectivity index (χ2n) is 5.91. The Hall–Kier alpha value is -4.14. The van der Waals surface area contributed by atoms with Crippen molar-refractivity contribution < 1.29 is 28.7 Å². The van der Waals surface area contributed by atoms with Crippen LogP contribution in [0.1, 0.15) is 5.56 Å². The van der Waals surface area contributed by atoms with E-state index < -0.39 is 17.8 Å². The van der Waals surface area contributed by atoms with Gasteiger partial charge in [0.05, 0.1) is 7.11 Å². The van der Waals surface area contributed by atoms with Crippen LogP contribution in [-0.2, 0) is 14.4 Å². The lowest BCUT2D eigenvalue weighted by Crippen LogP contribution is -2.51. The average Bonchev–Trinajstić information content (AvgIpc) is 2.70. The maximum Gasteiger partial charge on any atom is 0.328 e. The minimum atomic E-state index is -0.868. The molecule has 0 bridgehead atoms. The summed E-state index contributed by atoms with van der Waals surface area (Å²) in [7, 11) is 1.42. The van der Waals surface area contributed by atoms with E-state index in [-0.39, 0.29) is 18.1 Å². The fourth-order valence-corrected chi connectivity index (χ4v) is 2.53. The Balaban J connectivity index is 1.69. The zero-order valence-corrected chi connectivity index (χ0v) is 15.4. The summed E-state index contributed by atoms with van der Waals surface area (Å²) in [6.45, 7) is -0.237. The number of carbonyl (C=O) groups is 4. The van der Waals surface area contributed by atoms with Gasteiger partial charge in [-0.05, 0) is 35.9 Å². The summed E-state index contributed by atoms with van der Waals surface area (Å²) in [5.74, 6) is -1.32. The van der Waals surface area contributed by atoms with Gasteiger partial charge in [-0.2, -0.15) is 0 Å². The van der Waals surface area contributed by atoms with Crippen molar-refractivity contribution in [3.63, 3.8) is 0 Å². The van der Waals surface area contributed by atoms with Gasteiger partial charge in [0.15, 0.2) is 18.1 Å². The third-order valence-corrected chi connectivity index (χ3v) is 3.86. The molecule has 1 saturated heterocycles. The van der Waals surface area contributed by atoms with Crippen LogP contribution in [-0.4, -0.2) is 37.5 Å². The molecule has 2 aromatic carbocycles. The number of hydrogen-bond donors (Lipinski definition) is 3. The topological polar surface area (TPSA) is 123 Å². The van der Waals surface area contributed by atoms with Gasteiger partial charge in [-0.25, -0.2) is 4.79 Å². The van der Waals surface area contributed by atoms with E-state index in [1.807, 2.05) is 16.7 Å². The summed E-state index contributed by atoms with van der Waals surface area (Å²) in [5, 5.41) is 6.69. The van der Waals surface area contributed by atoms with Crippen molar-refractivity contribution >= 4 is 35.5 Å². The number of imide groups is 2. The van der Waals surface area contributed by atoms with Crippen molar-refractivity contribution in [3.8, 4) is 11.5 Å². The van der Waals surface area contributed by atoms with Gasteiger partial charge < -0.3 is 14.8 Å². The molecule has 148 valence electrons. The number of ether oxygens (including phenoxy) is 2. The van der Waals surface area contributed by atoms with Crippen molar-refractivity contribution in [2.75, 3.05) is 19.0 Å². The Morgan fingerprint density at radius 3 is 2.34 bits per heavy atom. The smallest absolute Gasteiger partial charge is 0.328 e. The molecule has 1 aliphatic heterocycles. The molecule has 5 amide bonds. The second kappa shape index (κ2) is 8.70. The van der Waals surface area contributed by atoms with Crippen molar-refractivity contribution in [3.05, 3.63) is 59.7 Å². The lowest BCUT2D eigenvalue weighted by molar-refractivity contribution is -0.124. The van der Waals surface area contributed by atoms with Gasteiger partial charge >= 0.3 is 6.03 Å². The van der Waals surface area contributed by atoms with E-state index in [0.29, 0.717) is 22.7 Å². The third-order valence-electron chi connectivity index (χ3n) is 3.86. The first-order chi connectivity index (χ1) is 14.0. The van der Waals surface area contributed by atoms with Gasteiger partial charge in [0.25, 0.3) is 17.7 Å². The molecule has 0 saturated carbocycles. The molecule has 0 aromatic heterocycles. The zero-order valence-electron chi connectivity index (χ0n) is 15.4. The van der Waals surface area contributed by atoms with Crippen LogP contribution in [0, 0.1) is 0 Å². The minimum Gasteiger partial charge on any atom is -0.493 e. The first kappa shape index (κ1) is 19.6. The molecule has 1 aliphatic rings. The molecule has 0 aliphatic carbocycles. The Morgan fingerprint density at radius 2 is 1.69 bits per heavy atom. The van der Waals surface area contributed by atoms with Crippen LogP contribution in [0.2, 0.25) is 0 Å². The fraction of sp³-hybridized carbons (Fsp3) is 0.100. The first-order valence-corrected chi connectivity index (χ1v) is 8.50. The maximum absolute atomic E-state index is 12.0. The van der Waals surface area contributed by atoms with Crippen LogP contribution in [0.5, 0.6) is 11.5 Å². The van der Waals surface area contributed by atoms with Gasteiger partial charge in [0.2, 0.25) is 0 Å². The van der Waals surface area contributed by atoms with Gasteiger partial charge in [0.1, 0.15) is 5.57 Å². The summed E-state index contributed by atoms with van der Waals surface area (Å²) in [6.07, 6.45) is 1.31. The van der Waals surface area contributed by atoms with Gasteiger partial charge in [-0.1, -0.05) is 24.3 Å². The number of carbonyl (C=O) groups excluding carboxylic acids is 4. The highest BCUT2D eigenvalue weighted by atomic mass is 16.5. The quantitative estimate of drug-likeness (QED) is 0.503. The Bertz CT molecular complexity index is 979. The van der Waals surface area contributed by atoms with Crippen LogP contribution in [0.25, 0.3) is 6.08 Å². The average molecular weight is 395 g/mol. The normalized spacial score (nSPS) is 13.3. The zero-order chi connectivity index (χ0) is 20.8. The number of methoxy groups -OCH3 is 1. The SMILES string of the molecule is COc1cc(C=C2C(=O)NC(=O)NC2=O)ccc1OCC(=O)Nc1ccccc1. The molecule has 29 heavy (non-hydrogen) atoms. The number of anilines is 1. The number of nitrogens with one attached hydrogen (secondary N) is 3. The summed E-state index contributed by atoms with van der Waals surface area (Å²) in [6, 6.07) is 12.7. The Kier molecular flexibility index (Phi) is 5.88. The van der Waals surface area contributed by atoms with E-state index in [9.17, 15) is 19.2 Å². The summed E-state index contributed by atoms with van der Waals surface area (Å²) in [4.78, 5) is 46.7. The number of benzene rings is 2. The van der Waals surface area contributed by atoms with Crippen LogP contribution in [0.15, 0.2) is 54.1 Å². The molecule has 3 rings (SSSR count). The number of barbiturate groups is 1. The van der Waals surface area contributed by atoms with Crippen LogP contribution >= 0.6 is 0 Å². The first-order valence-electron chi connectivity index (χ1n) is 8.50. The Morgan fingerprint density at radius 1 is 1.00 bits per heavy atom. The van der Waals surface area contributed by atoms with Crippen LogP contribution < -0.4 is 25.4 Å². The highest BCUT2D eigenvalue weighted by Gasteiger charge is 2.27. The summed E-state index contributed by atoms with van der Waals surface area (Å²) in [5.41, 5.74) is 0.901. The molecule has 0 unspecified atom stereocenters. The van der Waals surface area contributed by atoms with Crippen molar-refractivity contribution in [1.82, 2.24) is 10.6 Å². The molecule has 9 heteroatoms. The molecule has 1 fully saturated rings. The molecule has 0 radical (unpaired) electrons. The van der Waals surface area contributed by atoms with Crippen LogP contribution in [0.4, 0.5) is 10.5 Å². The van der Waals surface area contributed by atoms with Crippen molar-refractivity contribution in [1.29, 1.82) is 0 Å². The number of urea groups is 1. The predicted octanol–water partition coefficient (Wildman–Crippen LogP) is 1.46. The van der Waals surface area contributed by atoms with Crippen molar-refractivity contribution in [2.45, 2.75) is 0 Å². The fourth-order valence-electron chi connectivity index (χ4n) is 2.53. The van der Waals surface area contributed by atoms with E-state index in [2.05, 4.69) is 5.32 Å². The van der Waals surface area contributed by atoms with E-state index in [4.69, 9.17) is 9.47 Å². The van der Waals surface area contributed by atoms with E-state index in [0.717, 1.165) is 0 Å². The monoisotopic (exact) mass is 395 g/mol. The van der Waals surface area contributed by atoms with Gasteiger partial charge in [-0.15, -0.1) is 0 Å². The molecule has 2 aromatic rings. The largest absolute Gasteiger partial charge is 0.493 e. The van der Waals surface area contributed by atoms with Crippen molar-refractivity contribution in [2.24, 2.45) is 0 Å². The van der Waals surface area contributed by atoms with Crippen LogP contribution in [0.3, 0.4) is 0 Å². The van der Waals surface area contributed by atoms with E-state index in [1.165, 1.54) is 19.3 Å². The summed E-state index contributed by atoms with van der Waals surface area (Å²) >= 11 is 0. The second-order valence-corrected chi connectivity index (χ2v) is 5.91. The lowest BCUT2D eigenvalue weighted by atomic mass is 10.1. The number of para-hydroxylation sites is 1. The highest BCUT2D eigenvalue weighted by Crippen LogP contribution is 2.29. The molecule has 9 nitrogen and oxygen atoms in total. The Labute approximate surface area is 165 Å².